The highest BCUT2D eigenvalue weighted by Crippen LogP contribution is 2.45. The molecule has 0 aliphatic carbocycles. The minimum absolute atomic E-state index is 0.0899. The van der Waals surface area contributed by atoms with Crippen molar-refractivity contribution in [1.29, 1.82) is 0 Å². The van der Waals surface area contributed by atoms with Crippen molar-refractivity contribution >= 4 is 39.5 Å². The lowest BCUT2D eigenvalue weighted by Gasteiger charge is -2.21. The molecule has 0 aromatic heterocycles. The molecule has 0 saturated heterocycles. The van der Waals surface area contributed by atoms with E-state index < -0.39 is 97.5 Å². The Kier molecular flexibility index (Phi) is 63.6. The van der Waals surface area contributed by atoms with Crippen molar-refractivity contribution < 1.29 is 80.2 Å². The molecular weight excluding hydrogens is 1210 g/mol. The highest BCUT2D eigenvalue weighted by atomic mass is 31.2. The highest BCUT2D eigenvalue weighted by molar-refractivity contribution is 7.47. The minimum atomic E-state index is -4.97. The second-order valence-corrected chi connectivity index (χ2v) is 27.1. The van der Waals surface area contributed by atoms with Crippen molar-refractivity contribution in [3.63, 3.8) is 0 Å². The number of carbonyl (C=O) groups excluding carboxylic acids is 4. The summed E-state index contributed by atoms with van der Waals surface area (Å²) < 4.78 is 68.2. The first-order valence-electron chi connectivity index (χ1n) is 36.2. The lowest BCUT2D eigenvalue weighted by Crippen LogP contribution is -2.30. The van der Waals surface area contributed by atoms with Crippen molar-refractivity contribution in [2.45, 2.75) is 329 Å². The van der Waals surface area contributed by atoms with Crippen LogP contribution in [0.1, 0.15) is 310 Å². The lowest BCUT2D eigenvalue weighted by molar-refractivity contribution is -0.161. The number of phosphoric acid groups is 2. The molecule has 17 nitrogen and oxygen atoms in total. The number of rotatable bonds is 68. The number of aliphatic hydroxyl groups is 1. The first-order valence-corrected chi connectivity index (χ1v) is 39.2. The van der Waals surface area contributed by atoms with E-state index in [9.17, 15) is 43.2 Å². The molecule has 5 unspecified atom stereocenters. The zero-order chi connectivity index (χ0) is 67.5. The number of allylic oxidation sites excluding steroid dienone is 12. The summed E-state index contributed by atoms with van der Waals surface area (Å²) in [6, 6.07) is 0. The summed E-state index contributed by atoms with van der Waals surface area (Å²) in [6.07, 6.45) is 63.4. The molecule has 92 heavy (non-hydrogen) atoms. The van der Waals surface area contributed by atoms with Crippen LogP contribution in [0.5, 0.6) is 0 Å². The van der Waals surface area contributed by atoms with Crippen molar-refractivity contribution in [1.82, 2.24) is 0 Å². The van der Waals surface area contributed by atoms with Gasteiger partial charge >= 0.3 is 39.5 Å². The quantitative estimate of drug-likeness (QED) is 0.0169. The second-order valence-electron chi connectivity index (χ2n) is 24.2. The van der Waals surface area contributed by atoms with Gasteiger partial charge in [-0.25, -0.2) is 9.13 Å². The third-order valence-electron chi connectivity index (χ3n) is 15.2. The van der Waals surface area contributed by atoms with Gasteiger partial charge in [-0.05, 0) is 89.9 Å². The van der Waals surface area contributed by atoms with Gasteiger partial charge in [0.15, 0.2) is 12.2 Å². The summed E-state index contributed by atoms with van der Waals surface area (Å²) in [5, 5.41) is 10.6. The van der Waals surface area contributed by atoms with Gasteiger partial charge in [0.05, 0.1) is 26.4 Å². The average Bonchev–Trinajstić information content (AvgIpc) is 2.24. The van der Waals surface area contributed by atoms with Crippen LogP contribution in [-0.4, -0.2) is 96.7 Å². The molecule has 0 saturated carbocycles. The largest absolute Gasteiger partial charge is 0.472 e. The molecule has 0 bridgehead atoms. The van der Waals surface area contributed by atoms with E-state index in [0.717, 1.165) is 141 Å². The van der Waals surface area contributed by atoms with Crippen molar-refractivity contribution in [2.75, 3.05) is 39.6 Å². The predicted molar refractivity (Wildman–Crippen MR) is 372 cm³/mol. The van der Waals surface area contributed by atoms with Crippen LogP contribution in [0.15, 0.2) is 72.9 Å². The van der Waals surface area contributed by atoms with Gasteiger partial charge in [0.1, 0.15) is 19.3 Å². The van der Waals surface area contributed by atoms with Gasteiger partial charge in [-0.15, -0.1) is 0 Å². The van der Waals surface area contributed by atoms with Crippen LogP contribution in [0.4, 0.5) is 0 Å². The van der Waals surface area contributed by atoms with E-state index in [2.05, 4.69) is 101 Å². The minimum Gasteiger partial charge on any atom is -0.462 e. The van der Waals surface area contributed by atoms with Crippen LogP contribution in [0.25, 0.3) is 0 Å². The zero-order valence-corrected chi connectivity index (χ0v) is 59.8. The molecule has 19 heteroatoms. The fourth-order valence-corrected chi connectivity index (χ4v) is 11.2. The van der Waals surface area contributed by atoms with E-state index in [4.69, 9.17) is 37.0 Å². The fourth-order valence-electron chi connectivity index (χ4n) is 9.66. The van der Waals surface area contributed by atoms with Gasteiger partial charge in [-0.3, -0.25) is 37.3 Å². The molecule has 0 rings (SSSR count). The summed E-state index contributed by atoms with van der Waals surface area (Å²) >= 11 is 0. The molecule has 0 heterocycles. The van der Waals surface area contributed by atoms with Gasteiger partial charge < -0.3 is 33.8 Å². The molecule has 0 fully saturated rings. The van der Waals surface area contributed by atoms with E-state index >= 15 is 0 Å². The Hall–Kier alpha value is -3.50. The van der Waals surface area contributed by atoms with Crippen LogP contribution in [0.3, 0.4) is 0 Å². The number of carbonyl (C=O) groups is 4. The summed E-state index contributed by atoms with van der Waals surface area (Å²) in [4.78, 5) is 72.6. The molecule has 534 valence electrons. The number of ether oxygens (including phenoxy) is 4. The van der Waals surface area contributed by atoms with E-state index in [1.54, 1.807) is 0 Å². The standard InChI is InChI=1S/C73H130O17P2/c1-5-9-13-17-21-25-29-32-33-36-39-42-46-50-54-58-71(76)84-63-68(89-72(77)59-55-51-47-43-37-28-24-20-16-12-8-4)65-87-91(79,80)85-61-67(74)62-86-92(81,82)88-66-69(90-73(78)60-56-52-48-44-40-35-31-27-23-19-15-11-7-3)64-83-70(75)57-53-49-45-41-38-34-30-26-22-18-14-10-6-2/h9,13-14,18,21,25-26,30,32-33,39,42,67-69,74H,5-8,10-12,15-17,19-20,22-24,27-29,31,34-38,40-41,43-66H2,1-4H3,(H,79,80)(H,81,82)/b13-9-,18-14-,25-21-,30-26-,33-32-,42-39-. The Morgan fingerprint density at radius 2 is 0.587 bits per heavy atom. The molecule has 0 spiro atoms. The third kappa shape index (κ3) is 65.2. The number of unbranched alkanes of at least 4 members (excludes halogenated alkanes) is 30. The monoisotopic (exact) mass is 1340 g/mol. The van der Waals surface area contributed by atoms with E-state index in [-0.39, 0.29) is 25.7 Å². The fraction of sp³-hybridized carbons (Fsp3) is 0.781. The lowest BCUT2D eigenvalue weighted by atomic mass is 10.0. The van der Waals surface area contributed by atoms with E-state index in [1.807, 2.05) is 0 Å². The normalized spacial score (nSPS) is 14.5. The molecule has 5 atom stereocenters. The molecule has 0 aromatic rings. The van der Waals surface area contributed by atoms with E-state index in [1.165, 1.54) is 89.9 Å². The Bertz CT molecular complexity index is 2040. The molecule has 0 radical (unpaired) electrons. The van der Waals surface area contributed by atoms with Crippen LogP contribution in [0, 0.1) is 0 Å². The molecule has 0 aliphatic heterocycles. The van der Waals surface area contributed by atoms with Crippen LogP contribution in [-0.2, 0) is 65.4 Å². The molecule has 3 N–H and O–H groups in total. The first-order chi connectivity index (χ1) is 44.7. The van der Waals surface area contributed by atoms with Crippen LogP contribution >= 0.6 is 15.6 Å². The highest BCUT2D eigenvalue weighted by Gasteiger charge is 2.30. The summed E-state index contributed by atoms with van der Waals surface area (Å²) in [6.45, 7) is 4.64. The first kappa shape index (κ1) is 88.5. The van der Waals surface area contributed by atoms with Crippen LogP contribution in [0.2, 0.25) is 0 Å². The van der Waals surface area contributed by atoms with Gasteiger partial charge in [-0.2, -0.15) is 0 Å². The predicted octanol–water partition coefficient (Wildman–Crippen LogP) is 20.1. The summed E-state index contributed by atoms with van der Waals surface area (Å²) in [7, 11) is -9.94. The Morgan fingerprint density at radius 1 is 0.315 bits per heavy atom. The SMILES string of the molecule is CC/C=C\C/C=C\C/C=C\C/C=C\CCCCC(=O)OCC(COP(=O)(O)OCC(O)COP(=O)(O)OCC(COC(=O)CCCCCCC/C=C\C/C=C\CCC)OC(=O)CCCCCCCCCCCCCCC)OC(=O)CCCCCCCCCCCCC. The molecule has 0 aromatic carbocycles. The number of phosphoric ester groups is 2. The van der Waals surface area contributed by atoms with Crippen molar-refractivity contribution in [3.8, 4) is 0 Å². The second kappa shape index (κ2) is 66.1. The average molecular weight is 1340 g/mol. The van der Waals surface area contributed by atoms with E-state index in [0.29, 0.717) is 25.7 Å². The molecule has 0 aliphatic rings. The number of hydrogen-bond donors (Lipinski definition) is 3. The smallest absolute Gasteiger partial charge is 0.462 e. The van der Waals surface area contributed by atoms with Crippen molar-refractivity contribution in [3.05, 3.63) is 72.9 Å². The third-order valence-corrected chi connectivity index (χ3v) is 17.1. The maximum Gasteiger partial charge on any atom is 0.472 e. The maximum absolute atomic E-state index is 13.0. The number of esters is 4. The van der Waals surface area contributed by atoms with Gasteiger partial charge in [-0.1, -0.05) is 268 Å². The summed E-state index contributed by atoms with van der Waals surface area (Å²) in [5.41, 5.74) is 0. The Morgan fingerprint density at radius 3 is 0.935 bits per heavy atom. The summed E-state index contributed by atoms with van der Waals surface area (Å²) in [5.74, 6) is -2.22. The van der Waals surface area contributed by atoms with Gasteiger partial charge in [0.2, 0.25) is 0 Å². The number of aliphatic hydroxyl groups excluding tert-OH is 1. The van der Waals surface area contributed by atoms with Gasteiger partial charge in [0, 0.05) is 25.7 Å². The van der Waals surface area contributed by atoms with Gasteiger partial charge in [0.25, 0.3) is 0 Å². The molecule has 0 amide bonds. The maximum atomic E-state index is 13.0. The Labute approximate surface area is 558 Å². The number of hydrogen-bond acceptors (Lipinski definition) is 15. The Balaban J connectivity index is 5.33. The zero-order valence-electron chi connectivity index (χ0n) is 58.0. The van der Waals surface area contributed by atoms with Crippen LogP contribution < -0.4 is 0 Å². The van der Waals surface area contributed by atoms with Crippen molar-refractivity contribution in [2.24, 2.45) is 0 Å². The molecular formula is C73H130O17P2. The topological polar surface area (TPSA) is 237 Å².